The van der Waals surface area contributed by atoms with Crippen LogP contribution >= 0.6 is 19.2 Å². The van der Waals surface area contributed by atoms with Crippen molar-refractivity contribution < 1.29 is 23.1 Å². The SMILES string of the molecule is CCOC(C)OCCC(=C=CCCl)P(=O)(OCC)OCC. The predicted molar refractivity (Wildman–Crippen MR) is 84.8 cm³/mol. The summed E-state index contributed by atoms with van der Waals surface area (Å²) < 4.78 is 34.1. The van der Waals surface area contributed by atoms with Gasteiger partial charge in [0.25, 0.3) is 0 Å². The molecule has 0 aromatic rings. The minimum absolute atomic E-state index is 0.276. The van der Waals surface area contributed by atoms with Crippen LogP contribution in [0.4, 0.5) is 0 Å². The van der Waals surface area contributed by atoms with Gasteiger partial charge >= 0.3 is 7.60 Å². The minimum atomic E-state index is -3.34. The second-order valence-electron chi connectivity index (χ2n) is 3.93. The van der Waals surface area contributed by atoms with Crippen LogP contribution in [0.25, 0.3) is 0 Å². The third kappa shape index (κ3) is 8.80. The minimum Gasteiger partial charge on any atom is -0.353 e. The summed E-state index contributed by atoms with van der Waals surface area (Å²) in [6.07, 6.45) is 1.65. The Morgan fingerprint density at radius 3 is 2.29 bits per heavy atom. The summed E-state index contributed by atoms with van der Waals surface area (Å²) in [6.45, 7) is 8.73. The lowest BCUT2D eigenvalue weighted by Crippen LogP contribution is -2.14. The van der Waals surface area contributed by atoms with Gasteiger partial charge in [0.05, 0.1) is 25.1 Å². The van der Waals surface area contributed by atoms with Crippen LogP contribution in [-0.2, 0) is 23.1 Å². The molecule has 0 aliphatic carbocycles. The maximum atomic E-state index is 12.7. The van der Waals surface area contributed by atoms with Gasteiger partial charge in [-0.2, -0.15) is 0 Å². The van der Waals surface area contributed by atoms with Crippen LogP contribution in [0.2, 0.25) is 0 Å². The topological polar surface area (TPSA) is 54.0 Å². The van der Waals surface area contributed by atoms with E-state index in [1.165, 1.54) is 0 Å². The number of halogens is 1. The Hall–Kier alpha value is -0.120. The van der Waals surface area contributed by atoms with Crippen molar-refractivity contribution in [3.8, 4) is 0 Å². The van der Waals surface area contributed by atoms with Crippen molar-refractivity contribution in [2.45, 2.75) is 40.4 Å². The first-order valence-corrected chi connectivity index (χ1v) is 9.24. The van der Waals surface area contributed by atoms with Crippen molar-refractivity contribution in [1.29, 1.82) is 0 Å². The van der Waals surface area contributed by atoms with Gasteiger partial charge in [-0.1, -0.05) is 0 Å². The largest absolute Gasteiger partial charge is 0.365 e. The molecule has 0 spiro atoms. The van der Waals surface area contributed by atoms with E-state index in [1.54, 1.807) is 19.9 Å². The van der Waals surface area contributed by atoms with Crippen LogP contribution in [-0.4, -0.2) is 38.6 Å². The summed E-state index contributed by atoms with van der Waals surface area (Å²) in [5.41, 5.74) is 2.91. The van der Waals surface area contributed by atoms with E-state index in [2.05, 4.69) is 5.73 Å². The van der Waals surface area contributed by atoms with Gasteiger partial charge in [-0.15, -0.1) is 17.3 Å². The smallest absolute Gasteiger partial charge is 0.353 e. The van der Waals surface area contributed by atoms with E-state index in [-0.39, 0.29) is 12.2 Å². The Bertz CT molecular complexity index is 370. The van der Waals surface area contributed by atoms with E-state index < -0.39 is 7.60 Å². The molecule has 0 aliphatic heterocycles. The van der Waals surface area contributed by atoms with Gasteiger partial charge in [0, 0.05) is 18.9 Å². The molecule has 0 saturated carbocycles. The van der Waals surface area contributed by atoms with Gasteiger partial charge in [-0.25, -0.2) is 0 Å². The summed E-state index contributed by atoms with van der Waals surface area (Å²) in [7, 11) is -3.34. The van der Waals surface area contributed by atoms with Crippen LogP contribution in [0.1, 0.15) is 34.1 Å². The van der Waals surface area contributed by atoms with Gasteiger partial charge in [0.15, 0.2) is 6.29 Å². The molecule has 0 saturated heterocycles. The summed E-state index contributed by atoms with van der Waals surface area (Å²) in [5, 5.41) is 0.440. The van der Waals surface area contributed by atoms with Crippen LogP contribution in [0.5, 0.6) is 0 Å². The van der Waals surface area contributed by atoms with Crippen LogP contribution in [0.15, 0.2) is 17.1 Å². The molecule has 0 rings (SSSR count). The fourth-order valence-electron chi connectivity index (χ4n) is 1.58. The van der Waals surface area contributed by atoms with Crippen molar-refractivity contribution >= 4 is 19.2 Å². The molecule has 0 aliphatic rings. The van der Waals surface area contributed by atoms with Gasteiger partial charge in [-0.05, 0) is 33.8 Å². The molecule has 5 nitrogen and oxygen atoms in total. The third-order valence-corrected chi connectivity index (χ3v) is 4.73. The van der Waals surface area contributed by atoms with Gasteiger partial charge in [-0.3, -0.25) is 4.57 Å². The average molecular weight is 341 g/mol. The standard InChI is InChI=1S/C14H26ClO5P/c1-5-17-13(4)18-12-10-14(9-8-11-15)21(16,19-6-2)20-7-3/h8,13H,5-7,10-12H2,1-4H3. The van der Waals surface area contributed by atoms with E-state index in [1.807, 2.05) is 13.8 Å². The number of hydrogen-bond donors (Lipinski definition) is 0. The molecule has 0 heterocycles. The number of hydrogen-bond acceptors (Lipinski definition) is 5. The van der Waals surface area contributed by atoms with Crippen LogP contribution < -0.4 is 0 Å². The monoisotopic (exact) mass is 340 g/mol. The number of rotatable bonds is 12. The van der Waals surface area contributed by atoms with Crippen molar-refractivity contribution in [3.05, 3.63) is 17.1 Å². The molecule has 0 radical (unpaired) electrons. The zero-order chi connectivity index (χ0) is 16.1. The lowest BCUT2D eigenvalue weighted by Gasteiger charge is -2.19. The van der Waals surface area contributed by atoms with E-state index in [0.717, 1.165) is 0 Å². The number of alkyl halides is 1. The average Bonchev–Trinajstić information content (AvgIpc) is 2.43. The summed E-state index contributed by atoms with van der Waals surface area (Å²) in [4.78, 5) is 0. The zero-order valence-electron chi connectivity index (χ0n) is 13.3. The van der Waals surface area contributed by atoms with Crippen molar-refractivity contribution in [1.82, 2.24) is 0 Å². The first-order valence-electron chi connectivity index (χ1n) is 7.16. The van der Waals surface area contributed by atoms with Gasteiger partial charge in [0.1, 0.15) is 0 Å². The fraction of sp³-hybridized carbons (Fsp3) is 0.786. The molecule has 0 bridgehead atoms. The second-order valence-corrected chi connectivity index (χ2v) is 6.29. The van der Waals surface area contributed by atoms with Crippen LogP contribution in [0.3, 0.4) is 0 Å². The third-order valence-electron chi connectivity index (χ3n) is 2.37. The first kappa shape index (κ1) is 20.9. The van der Waals surface area contributed by atoms with E-state index >= 15 is 0 Å². The maximum absolute atomic E-state index is 12.7. The summed E-state index contributed by atoms with van der Waals surface area (Å²) in [6, 6.07) is 0. The number of ether oxygens (including phenoxy) is 2. The molecular weight excluding hydrogens is 315 g/mol. The highest BCUT2D eigenvalue weighted by Gasteiger charge is 2.29. The van der Waals surface area contributed by atoms with E-state index in [4.69, 9.17) is 30.1 Å². The summed E-state index contributed by atoms with van der Waals surface area (Å²) >= 11 is 5.62. The Labute approximate surface area is 132 Å². The quantitative estimate of drug-likeness (QED) is 0.229. The molecule has 0 amide bonds. The van der Waals surface area contributed by atoms with Crippen molar-refractivity contribution in [2.75, 3.05) is 32.3 Å². The van der Waals surface area contributed by atoms with Gasteiger partial charge in [0.2, 0.25) is 0 Å². The highest BCUT2D eigenvalue weighted by atomic mass is 35.5. The molecular formula is C14H26ClO5P. The lowest BCUT2D eigenvalue weighted by molar-refractivity contribution is -0.126. The Morgan fingerprint density at radius 1 is 1.19 bits per heavy atom. The molecule has 0 N–H and O–H groups in total. The predicted octanol–water partition coefficient (Wildman–Crippen LogP) is 4.32. The molecule has 21 heavy (non-hydrogen) atoms. The highest BCUT2D eigenvalue weighted by molar-refractivity contribution is 7.58. The molecule has 1 unspecified atom stereocenters. The molecule has 124 valence electrons. The molecule has 1 atom stereocenters. The first-order chi connectivity index (χ1) is 10.0. The van der Waals surface area contributed by atoms with E-state index in [9.17, 15) is 4.57 Å². The summed E-state index contributed by atoms with van der Waals surface area (Å²) in [5.74, 6) is 0.276. The lowest BCUT2D eigenvalue weighted by atomic mass is 10.4. The molecule has 0 aromatic carbocycles. The molecule has 0 aromatic heterocycles. The van der Waals surface area contributed by atoms with E-state index in [0.29, 0.717) is 38.2 Å². The van der Waals surface area contributed by atoms with Crippen molar-refractivity contribution in [3.63, 3.8) is 0 Å². The normalized spacial score (nSPS) is 12.8. The second kappa shape index (κ2) is 12.4. The van der Waals surface area contributed by atoms with Gasteiger partial charge < -0.3 is 18.5 Å². The molecule has 0 fully saturated rings. The Morgan fingerprint density at radius 2 is 1.81 bits per heavy atom. The maximum Gasteiger partial charge on any atom is 0.365 e. The zero-order valence-corrected chi connectivity index (χ0v) is 14.9. The molecule has 7 heteroatoms. The van der Waals surface area contributed by atoms with Crippen molar-refractivity contribution in [2.24, 2.45) is 0 Å². The Kier molecular flexibility index (Phi) is 12.4. The van der Waals surface area contributed by atoms with Crippen LogP contribution in [0, 0.1) is 0 Å². The Balaban J connectivity index is 4.87. The highest BCUT2D eigenvalue weighted by Crippen LogP contribution is 2.56. The fourth-order valence-corrected chi connectivity index (χ4v) is 3.34.